The molecular formula is C31H48N2O5S. The van der Waals surface area contributed by atoms with E-state index in [1.807, 2.05) is 11.0 Å². The smallest absolute Gasteiger partial charge is 0.310 e. The van der Waals surface area contributed by atoms with Crippen LogP contribution in [-0.2, 0) is 19.1 Å². The Morgan fingerprint density at radius 2 is 1.92 bits per heavy atom. The van der Waals surface area contributed by atoms with Crippen molar-refractivity contribution in [3.8, 4) is 0 Å². The number of ether oxygens (including phenoxy) is 1. The van der Waals surface area contributed by atoms with Gasteiger partial charge in [0.2, 0.25) is 11.8 Å². The van der Waals surface area contributed by atoms with E-state index in [4.69, 9.17) is 4.74 Å². The van der Waals surface area contributed by atoms with Gasteiger partial charge in [-0.1, -0.05) is 45.3 Å². The maximum absolute atomic E-state index is 14.6. The van der Waals surface area contributed by atoms with Gasteiger partial charge in [-0.15, -0.1) is 24.9 Å². The fourth-order valence-corrected chi connectivity index (χ4v) is 9.81. The number of esters is 1. The van der Waals surface area contributed by atoms with Crippen molar-refractivity contribution in [1.29, 1.82) is 0 Å². The number of nitrogens with zero attached hydrogens (tertiary/aromatic N) is 2. The van der Waals surface area contributed by atoms with Crippen molar-refractivity contribution < 1.29 is 24.2 Å². The van der Waals surface area contributed by atoms with Crippen molar-refractivity contribution >= 4 is 29.5 Å². The summed E-state index contributed by atoms with van der Waals surface area (Å²) < 4.78 is 5.06. The molecule has 3 aliphatic heterocycles. The van der Waals surface area contributed by atoms with Crippen LogP contribution in [0.2, 0.25) is 0 Å². The van der Waals surface area contributed by atoms with E-state index >= 15 is 0 Å². The Bertz CT molecular complexity index is 919. The lowest BCUT2D eigenvalue weighted by molar-refractivity contribution is -0.154. The minimum Gasteiger partial charge on any atom is -0.465 e. The van der Waals surface area contributed by atoms with Gasteiger partial charge >= 0.3 is 5.97 Å². The summed E-state index contributed by atoms with van der Waals surface area (Å²) in [5, 5.41) is 10.5. The highest BCUT2D eigenvalue weighted by Gasteiger charge is 2.75. The minimum absolute atomic E-state index is 0.0164. The van der Waals surface area contributed by atoms with Crippen molar-refractivity contribution in [3.63, 3.8) is 0 Å². The van der Waals surface area contributed by atoms with Crippen LogP contribution in [0.15, 0.2) is 25.3 Å². The Kier molecular flexibility index (Phi) is 10.2. The van der Waals surface area contributed by atoms with E-state index in [-0.39, 0.29) is 41.6 Å². The van der Waals surface area contributed by atoms with Crippen LogP contribution in [0, 0.1) is 17.8 Å². The summed E-state index contributed by atoms with van der Waals surface area (Å²) in [5.41, 5.74) is 0. The van der Waals surface area contributed by atoms with Gasteiger partial charge in [0.25, 0.3) is 0 Å². The summed E-state index contributed by atoms with van der Waals surface area (Å²) in [5.74, 6) is -1.39. The average Bonchev–Trinajstić information content (AvgIpc) is 3.57. The first-order valence-electron chi connectivity index (χ1n) is 15.1. The zero-order valence-corrected chi connectivity index (χ0v) is 24.7. The molecule has 0 aromatic heterocycles. The van der Waals surface area contributed by atoms with Crippen LogP contribution in [0.5, 0.6) is 0 Å². The van der Waals surface area contributed by atoms with Gasteiger partial charge in [-0.05, 0) is 57.3 Å². The minimum atomic E-state index is -0.687. The number of hydrogen-bond donors (Lipinski definition) is 1. The number of fused-ring (bicyclic) bond motifs is 1. The fourth-order valence-electron chi connectivity index (χ4n) is 7.62. The Morgan fingerprint density at radius 3 is 2.56 bits per heavy atom. The molecule has 0 radical (unpaired) electrons. The van der Waals surface area contributed by atoms with Crippen LogP contribution in [-0.4, -0.2) is 80.6 Å². The van der Waals surface area contributed by atoms with E-state index in [2.05, 4.69) is 27.0 Å². The standard InChI is InChI=1S/C31H48N2O5S/c1-5-7-8-12-18-38-30(37)25-24-15-16-31(39-24)26(25)28(35)33(23(20-34)19-21(3)4)27(31)29(36)32(17-6-2)22-13-10-9-11-14-22/h5-6,21-27,34H,1-2,7-20H2,3-4H3/t23-,24+,25-,26+,27?,31?/m1/s1. The predicted molar refractivity (Wildman–Crippen MR) is 155 cm³/mol. The molecule has 4 aliphatic rings. The van der Waals surface area contributed by atoms with Gasteiger partial charge in [0.1, 0.15) is 6.04 Å². The molecule has 4 fully saturated rings. The first-order chi connectivity index (χ1) is 18.8. The van der Waals surface area contributed by atoms with Gasteiger partial charge in [0.05, 0.1) is 35.8 Å². The van der Waals surface area contributed by atoms with Crippen LogP contribution >= 0.6 is 11.8 Å². The summed E-state index contributed by atoms with van der Waals surface area (Å²) in [4.78, 5) is 46.1. The first kappa shape index (κ1) is 30.2. The van der Waals surface area contributed by atoms with E-state index in [0.29, 0.717) is 19.6 Å². The molecule has 39 heavy (non-hydrogen) atoms. The molecular weight excluding hydrogens is 512 g/mol. The molecule has 7 nitrogen and oxygen atoms in total. The molecule has 3 saturated heterocycles. The number of carbonyl (C=O) groups excluding carboxylic acids is 3. The molecule has 0 aromatic carbocycles. The molecule has 2 unspecified atom stereocenters. The highest BCUT2D eigenvalue weighted by Crippen LogP contribution is 2.67. The molecule has 0 aromatic rings. The van der Waals surface area contributed by atoms with Gasteiger partial charge in [0, 0.05) is 17.8 Å². The fraction of sp³-hybridized carbons (Fsp3) is 0.774. The number of aliphatic hydroxyl groups is 1. The summed E-state index contributed by atoms with van der Waals surface area (Å²) in [6.45, 7) is 12.4. The summed E-state index contributed by atoms with van der Waals surface area (Å²) in [6.07, 6.45) is 13.6. The summed E-state index contributed by atoms with van der Waals surface area (Å²) in [7, 11) is 0. The van der Waals surface area contributed by atoms with Crippen LogP contribution in [0.4, 0.5) is 0 Å². The second kappa shape index (κ2) is 13.2. The van der Waals surface area contributed by atoms with Gasteiger partial charge in [-0.25, -0.2) is 0 Å². The van der Waals surface area contributed by atoms with Crippen LogP contribution in [0.3, 0.4) is 0 Å². The quantitative estimate of drug-likeness (QED) is 0.188. The summed E-state index contributed by atoms with van der Waals surface area (Å²) in [6, 6.07) is -1.01. The van der Waals surface area contributed by atoms with Crippen molar-refractivity contribution in [2.75, 3.05) is 19.8 Å². The Morgan fingerprint density at radius 1 is 1.18 bits per heavy atom. The second-order valence-electron chi connectivity index (χ2n) is 12.3. The molecule has 1 N–H and O–H groups in total. The molecule has 1 saturated carbocycles. The van der Waals surface area contributed by atoms with Crippen LogP contribution < -0.4 is 0 Å². The Balaban J connectivity index is 1.67. The van der Waals surface area contributed by atoms with Gasteiger partial charge < -0.3 is 19.6 Å². The molecule has 2 bridgehead atoms. The average molecular weight is 561 g/mol. The lowest BCUT2D eigenvalue weighted by Gasteiger charge is -2.42. The normalized spacial score (nSPS) is 30.9. The maximum atomic E-state index is 14.6. The third-order valence-electron chi connectivity index (χ3n) is 9.26. The van der Waals surface area contributed by atoms with Crippen LogP contribution in [0.25, 0.3) is 0 Å². The van der Waals surface area contributed by atoms with Crippen molar-refractivity contribution in [2.24, 2.45) is 17.8 Å². The molecule has 6 atom stereocenters. The number of thioether (sulfide) groups is 1. The first-order valence-corrected chi connectivity index (χ1v) is 16.0. The number of hydrogen-bond acceptors (Lipinski definition) is 6. The van der Waals surface area contributed by atoms with E-state index in [1.54, 1.807) is 22.7 Å². The summed E-state index contributed by atoms with van der Waals surface area (Å²) >= 11 is 1.67. The topological polar surface area (TPSA) is 87.2 Å². The lowest BCUT2D eigenvalue weighted by Crippen LogP contribution is -2.59. The number of likely N-dealkylation sites (tertiary alicyclic amines) is 1. The zero-order chi connectivity index (χ0) is 28.2. The number of aliphatic hydroxyl groups excluding tert-OH is 1. The largest absolute Gasteiger partial charge is 0.465 e. The number of carbonyl (C=O) groups is 3. The molecule has 3 heterocycles. The number of rotatable bonds is 14. The maximum Gasteiger partial charge on any atom is 0.310 e. The van der Waals surface area contributed by atoms with Crippen molar-refractivity contribution in [1.82, 2.24) is 9.80 Å². The number of allylic oxidation sites excluding steroid dienone is 1. The van der Waals surface area contributed by atoms with Gasteiger partial charge in [0.15, 0.2) is 0 Å². The van der Waals surface area contributed by atoms with E-state index < -0.39 is 28.7 Å². The zero-order valence-electron chi connectivity index (χ0n) is 23.9. The third kappa shape index (κ3) is 5.83. The Labute approximate surface area is 238 Å². The van der Waals surface area contributed by atoms with Crippen LogP contribution in [0.1, 0.15) is 84.5 Å². The van der Waals surface area contributed by atoms with E-state index in [9.17, 15) is 19.5 Å². The van der Waals surface area contributed by atoms with Crippen molar-refractivity contribution in [2.45, 2.75) is 113 Å². The van der Waals surface area contributed by atoms with E-state index in [0.717, 1.165) is 57.8 Å². The molecule has 1 aliphatic carbocycles. The molecule has 8 heteroatoms. The number of amides is 2. The molecule has 1 spiro atoms. The van der Waals surface area contributed by atoms with E-state index in [1.165, 1.54) is 6.42 Å². The molecule has 2 amide bonds. The third-order valence-corrected chi connectivity index (χ3v) is 11.2. The number of unbranched alkanes of at least 4 members (excludes halogenated alkanes) is 2. The molecule has 4 rings (SSSR count). The highest BCUT2D eigenvalue weighted by atomic mass is 32.2. The lowest BCUT2D eigenvalue weighted by atomic mass is 9.71. The molecule has 218 valence electrons. The Hall–Kier alpha value is -1.80. The second-order valence-corrected chi connectivity index (χ2v) is 13.9. The highest BCUT2D eigenvalue weighted by molar-refractivity contribution is 8.02. The van der Waals surface area contributed by atoms with Gasteiger partial charge in [-0.2, -0.15) is 0 Å². The van der Waals surface area contributed by atoms with Gasteiger partial charge in [-0.3, -0.25) is 14.4 Å². The predicted octanol–water partition coefficient (Wildman–Crippen LogP) is 4.73. The SMILES string of the molecule is C=CCCCCOC(=O)[C@@H]1[C@@H]2CCC3(S2)C(C(=O)N(CC=C)C2CCCCC2)N([C@@H](CO)CC(C)C)C(=O)[C@H]13. The monoisotopic (exact) mass is 560 g/mol. The van der Waals surface area contributed by atoms with Crippen molar-refractivity contribution in [3.05, 3.63) is 25.3 Å².